The van der Waals surface area contributed by atoms with E-state index in [4.69, 9.17) is 0 Å². The minimum atomic E-state index is 0.650. The number of nitrogens with zero attached hydrogens (tertiary/aromatic N) is 2. The summed E-state index contributed by atoms with van der Waals surface area (Å²) in [5.41, 5.74) is 1.15. The molecule has 0 radical (unpaired) electrons. The maximum Gasteiger partial charge on any atom is 0.0858 e. The second-order valence-electron chi connectivity index (χ2n) is 3.76. The van der Waals surface area contributed by atoms with Crippen molar-refractivity contribution >= 4 is 0 Å². The zero-order valence-electron chi connectivity index (χ0n) is 7.45. The molecular weight excluding hydrogens is 150 g/mol. The highest BCUT2D eigenvalue weighted by Crippen LogP contribution is 2.35. The number of nitrogens with one attached hydrogen (secondary N) is 1. The largest absolute Gasteiger partial charge is 0.198 e. The van der Waals surface area contributed by atoms with Crippen molar-refractivity contribution in [2.24, 2.45) is 5.92 Å². The van der Waals surface area contributed by atoms with Gasteiger partial charge >= 0.3 is 0 Å². The lowest BCUT2D eigenvalue weighted by atomic mass is 9.79. The van der Waals surface area contributed by atoms with Crippen molar-refractivity contribution in [2.75, 3.05) is 0 Å². The predicted octanol–water partition coefficient (Wildman–Crippen LogP) is 2.10. The van der Waals surface area contributed by atoms with Gasteiger partial charge in [0.2, 0.25) is 0 Å². The normalized spacial score (nSPS) is 30.4. The van der Waals surface area contributed by atoms with Gasteiger partial charge in [0, 0.05) is 5.92 Å². The lowest BCUT2D eigenvalue weighted by Crippen LogP contribution is -2.15. The van der Waals surface area contributed by atoms with Crippen LogP contribution in [0.25, 0.3) is 0 Å². The van der Waals surface area contributed by atoms with E-state index in [-0.39, 0.29) is 0 Å². The first kappa shape index (κ1) is 7.77. The molecule has 0 amide bonds. The van der Waals surface area contributed by atoms with Gasteiger partial charge in [-0.25, -0.2) is 0 Å². The molecular formula is C9H15N3. The Morgan fingerprint density at radius 2 is 2.25 bits per heavy atom. The minimum Gasteiger partial charge on any atom is -0.198 e. The van der Waals surface area contributed by atoms with Gasteiger partial charge in [-0.1, -0.05) is 26.2 Å². The Morgan fingerprint density at radius 3 is 2.92 bits per heavy atom. The van der Waals surface area contributed by atoms with Crippen molar-refractivity contribution in [1.29, 1.82) is 0 Å². The Bertz CT molecular complexity index is 230. The fraction of sp³-hybridized carbons (Fsp3) is 0.778. The first-order valence-electron chi connectivity index (χ1n) is 4.73. The van der Waals surface area contributed by atoms with E-state index in [1.165, 1.54) is 25.7 Å². The SMILES string of the molecule is C[C@H]1CCCC[C@@H]1c1cn[nH]n1. The maximum absolute atomic E-state index is 4.15. The van der Waals surface area contributed by atoms with Crippen LogP contribution in [-0.2, 0) is 0 Å². The average molecular weight is 165 g/mol. The third kappa shape index (κ3) is 1.36. The van der Waals surface area contributed by atoms with Crippen molar-refractivity contribution in [2.45, 2.75) is 38.5 Å². The van der Waals surface area contributed by atoms with Crippen molar-refractivity contribution in [3.05, 3.63) is 11.9 Å². The molecule has 12 heavy (non-hydrogen) atoms. The van der Waals surface area contributed by atoms with E-state index in [2.05, 4.69) is 22.3 Å². The van der Waals surface area contributed by atoms with Crippen LogP contribution in [0.4, 0.5) is 0 Å². The van der Waals surface area contributed by atoms with E-state index in [0.717, 1.165) is 11.6 Å². The molecule has 1 saturated carbocycles. The summed E-state index contributed by atoms with van der Waals surface area (Å²) in [4.78, 5) is 0. The van der Waals surface area contributed by atoms with Crippen LogP contribution in [0.15, 0.2) is 6.20 Å². The highest BCUT2D eigenvalue weighted by Gasteiger charge is 2.24. The molecule has 0 unspecified atom stereocenters. The molecule has 3 heteroatoms. The molecule has 0 aliphatic heterocycles. The smallest absolute Gasteiger partial charge is 0.0858 e. The number of rotatable bonds is 1. The number of H-pyrrole nitrogens is 1. The van der Waals surface area contributed by atoms with Crippen LogP contribution in [0.3, 0.4) is 0 Å². The summed E-state index contributed by atoms with van der Waals surface area (Å²) < 4.78 is 0. The van der Waals surface area contributed by atoms with E-state index < -0.39 is 0 Å². The van der Waals surface area contributed by atoms with Gasteiger partial charge in [-0.05, 0) is 12.3 Å². The van der Waals surface area contributed by atoms with Crippen LogP contribution in [0.5, 0.6) is 0 Å². The fourth-order valence-electron chi connectivity index (χ4n) is 2.14. The Morgan fingerprint density at radius 1 is 1.42 bits per heavy atom. The van der Waals surface area contributed by atoms with E-state index in [9.17, 15) is 0 Å². The van der Waals surface area contributed by atoms with Crippen LogP contribution in [0.2, 0.25) is 0 Å². The monoisotopic (exact) mass is 165 g/mol. The summed E-state index contributed by atoms with van der Waals surface area (Å²) in [6.45, 7) is 2.32. The van der Waals surface area contributed by atoms with Crippen molar-refractivity contribution in [3.63, 3.8) is 0 Å². The standard InChI is InChI=1S/C9H15N3/c1-7-4-2-3-5-8(7)9-6-10-12-11-9/h6-8H,2-5H2,1H3,(H,10,11,12)/t7-,8-/m0/s1. The molecule has 2 rings (SSSR count). The number of aromatic amines is 1. The molecule has 1 aromatic rings. The van der Waals surface area contributed by atoms with Gasteiger partial charge in [0.15, 0.2) is 0 Å². The first-order chi connectivity index (χ1) is 5.88. The summed E-state index contributed by atoms with van der Waals surface area (Å²) in [6.07, 6.45) is 7.23. The second-order valence-corrected chi connectivity index (χ2v) is 3.76. The molecule has 1 heterocycles. The maximum atomic E-state index is 4.15. The molecule has 0 bridgehead atoms. The average Bonchev–Trinajstić information content (AvgIpc) is 2.57. The zero-order valence-corrected chi connectivity index (χ0v) is 7.45. The Balaban J connectivity index is 2.11. The minimum absolute atomic E-state index is 0.650. The Hall–Kier alpha value is -0.860. The highest BCUT2D eigenvalue weighted by molar-refractivity contribution is 5.03. The van der Waals surface area contributed by atoms with E-state index in [0.29, 0.717) is 5.92 Å². The van der Waals surface area contributed by atoms with Crippen LogP contribution in [-0.4, -0.2) is 15.4 Å². The second kappa shape index (κ2) is 3.25. The lowest BCUT2D eigenvalue weighted by Gasteiger charge is -2.26. The third-order valence-electron chi connectivity index (χ3n) is 2.93. The summed E-state index contributed by atoms with van der Waals surface area (Å²) in [7, 11) is 0. The highest BCUT2D eigenvalue weighted by atomic mass is 15.3. The topological polar surface area (TPSA) is 41.6 Å². The molecule has 3 nitrogen and oxygen atoms in total. The summed E-state index contributed by atoms with van der Waals surface area (Å²) in [6, 6.07) is 0. The van der Waals surface area contributed by atoms with Crippen molar-refractivity contribution in [3.8, 4) is 0 Å². The van der Waals surface area contributed by atoms with E-state index in [1.807, 2.05) is 6.20 Å². The third-order valence-corrected chi connectivity index (χ3v) is 2.93. The molecule has 0 aromatic carbocycles. The first-order valence-corrected chi connectivity index (χ1v) is 4.73. The number of aromatic nitrogens is 3. The summed E-state index contributed by atoms with van der Waals surface area (Å²) >= 11 is 0. The summed E-state index contributed by atoms with van der Waals surface area (Å²) in [5.74, 6) is 1.43. The predicted molar refractivity (Wildman–Crippen MR) is 46.8 cm³/mol. The molecule has 0 saturated heterocycles. The van der Waals surface area contributed by atoms with Crippen LogP contribution in [0.1, 0.15) is 44.2 Å². The molecule has 1 N–H and O–H groups in total. The molecule has 0 spiro atoms. The molecule has 1 fully saturated rings. The molecule has 1 aliphatic carbocycles. The van der Waals surface area contributed by atoms with E-state index >= 15 is 0 Å². The number of hydrogen-bond donors (Lipinski definition) is 1. The van der Waals surface area contributed by atoms with Crippen LogP contribution in [0, 0.1) is 5.92 Å². The van der Waals surface area contributed by atoms with Gasteiger partial charge in [0.25, 0.3) is 0 Å². The van der Waals surface area contributed by atoms with Gasteiger partial charge < -0.3 is 0 Å². The Labute approximate surface area is 72.6 Å². The molecule has 66 valence electrons. The number of hydrogen-bond acceptors (Lipinski definition) is 2. The van der Waals surface area contributed by atoms with Gasteiger partial charge in [0.1, 0.15) is 0 Å². The van der Waals surface area contributed by atoms with Crippen molar-refractivity contribution < 1.29 is 0 Å². The lowest BCUT2D eigenvalue weighted by molar-refractivity contribution is 0.325. The van der Waals surface area contributed by atoms with Gasteiger partial charge in [-0.2, -0.15) is 15.4 Å². The van der Waals surface area contributed by atoms with Crippen LogP contribution >= 0.6 is 0 Å². The van der Waals surface area contributed by atoms with E-state index in [1.54, 1.807) is 0 Å². The van der Waals surface area contributed by atoms with Gasteiger partial charge in [0.05, 0.1) is 11.9 Å². The fourth-order valence-corrected chi connectivity index (χ4v) is 2.14. The van der Waals surface area contributed by atoms with Crippen LogP contribution < -0.4 is 0 Å². The molecule has 2 atom stereocenters. The Kier molecular flexibility index (Phi) is 2.11. The van der Waals surface area contributed by atoms with Crippen molar-refractivity contribution in [1.82, 2.24) is 15.4 Å². The summed E-state index contributed by atoms with van der Waals surface area (Å²) in [5, 5.41) is 10.7. The molecule has 1 aliphatic rings. The quantitative estimate of drug-likeness (QED) is 0.692. The molecule has 1 aromatic heterocycles. The van der Waals surface area contributed by atoms with Gasteiger partial charge in [-0.3, -0.25) is 0 Å². The van der Waals surface area contributed by atoms with Gasteiger partial charge in [-0.15, -0.1) is 0 Å². The zero-order chi connectivity index (χ0) is 8.39.